The lowest BCUT2D eigenvalue weighted by Crippen LogP contribution is -2.42. The number of amides is 1. The first kappa shape index (κ1) is 16.8. The number of thioether (sulfide) groups is 1. The van der Waals surface area contributed by atoms with E-state index in [9.17, 15) is 4.79 Å². The lowest BCUT2D eigenvalue weighted by atomic mass is 10.0. The summed E-state index contributed by atoms with van der Waals surface area (Å²) in [5, 5.41) is 6.30. The van der Waals surface area contributed by atoms with Gasteiger partial charge in [-0.15, -0.1) is 0 Å². The number of carbonyl (C=O) groups is 1. The fourth-order valence-corrected chi connectivity index (χ4v) is 3.12. The smallest absolute Gasteiger partial charge is 0.246 e. The fourth-order valence-electron chi connectivity index (χ4n) is 2.33. The van der Waals surface area contributed by atoms with Gasteiger partial charge < -0.3 is 15.4 Å². The summed E-state index contributed by atoms with van der Waals surface area (Å²) in [5.41, 5.74) is 0. The Morgan fingerprint density at radius 3 is 2.53 bits per heavy atom. The van der Waals surface area contributed by atoms with Crippen LogP contribution in [0.25, 0.3) is 0 Å². The molecule has 0 aromatic carbocycles. The van der Waals surface area contributed by atoms with E-state index in [0.717, 1.165) is 45.3 Å². The normalized spacial score (nSPS) is 17.4. The average Bonchev–Trinajstić information content (AvgIpc) is 2.48. The van der Waals surface area contributed by atoms with Gasteiger partial charge in [0.25, 0.3) is 0 Å². The zero-order valence-electron chi connectivity index (χ0n) is 12.5. The first-order chi connectivity index (χ1) is 9.15. The van der Waals surface area contributed by atoms with Crippen LogP contribution in [0, 0.1) is 0 Å². The highest BCUT2D eigenvalue weighted by Crippen LogP contribution is 2.29. The van der Waals surface area contributed by atoms with E-state index in [2.05, 4.69) is 30.7 Å². The molecule has 2 N–H and O–H groups in total. The summed E-state index contributed by atoms with van der Waals surface area (Å²) in [7, 11) is 0. The molecule has 0 radical (unpaired) electrons. The minimum atomic E-state index is 0.0128. The molecule has 0 bridgehead atoms. The molecular weight excluding hydrogens is 260 g/mol. The van der Waals surface area contributed by atoms with Gasteiger partial charge in [-0.3, -0.25) is 4.79 Å². The Kier molecular flexibility index (Phi) is 7.80. The Labute approximate surface area is 121 Å². The van der Waals surface area contributed by atoms with Gasteiger partial charge >= 0.3 is 0 Å². The summed E-state index contributed by atoms with van der Waals surface area (Å²) in [6, 6.07) is 0. The van der Waals surface area contributed by atoms with Crippen LogP contribution in [0.5, 0.6) is 0 Å². The molecule has 1 amide bonds. The summed E-state index contributed by atoms with van der Waals surface area (Å²) in [5.74, 6) is 0.0128. The van der Waals surface area contributed by atoms with Crippen molar-refractivity contribution in [1.82, 2.24) is 10.6 Å². The summed E-state index contributed by atoms with van der Waals surface area (Å²) in [6.07, 6.45) is 6.51. The van der Waals surface area contributed by atoms with Gasteiger partial charge in [0.2, 0.25) is 5.91 Å². The second-order valence-corrected chi connectivity index (χ2v) is 6.41. The third-order valence-corrected chi connectivity index (χ3v) is 5.65. The maximum Gasteiger partial charge on any atom is 0.246 e. The largest absolute Gasteiger partial charge is 0.368 e. The highest BCUT2D eigenvalue weighted by Gasteiger charge is 2.25. The van der Waals surface area contributed by atoms with Crippen molar-refractivity contribution < 1.29 is 9.53 Å². The Morgan fingerprint density at radius 2 is 2.00 bits per heavy atom. The highest BCUT2D eigenvalue weighted by atomic mass is 32.2. The number of nitrogens with one attached hydrogen (secondary N) is 2. The van der Waals surface area contributed by atoms with Crippen LogP contribution >= 0.6 is 11.8 Å². The standard InChI is InChI=1S/C14H28N2O2S/c1-4-14(5-2,19-3)11-16-13(17)10-18-12-6-8-15-9-7-12/h12,15H,4-11H2,1-3H3,(H,16,17). The quantitative estimate of drug-likeness (QED) is 0.715. The van der Waals surface area contributed by atoms with E-state index in [4.69, 9.17) is 4.74 Å². The van der Waals surface area contributed by atoms with Crippen molar-refractivity contribution in [1.29, 1.82) is 0 Å². The first-order valence-electron chi connectivity index (χ1n) is 7.30. The van der Waals surface area contributed by atoms with Crippen LogP contribution in [0.2, 0.25) is 0 Å². The number of ether oxygens (including phenoxy) is 1. The van der Waals surface area contributed by atoms with Crippen molar-refractivity contribution in [2.24, 2.45) is 0 Å². The molecule has 1 aliphatic heterocycles. The topological polar surface area (TPSA) is 50.4 Å². The van der Waals surface area contributed by atoms with Gasteiger partial charge in [-0.1, -0.05) is 13.8 Å². The van der Waals surface area contributed by atoms with E-state index >= 15 is 0 Å². The third-order valence-electron chi connectivity index (χ3n) is 4.07. The molecule has 1 heterocycles. The van der Waals surface area contributed by atoms with Crippen molar-refractivity contribution in [3.63, 3.8) is 0 Å². The Hall–Kier alpha value is -0.260. The molecule has 0 aromatic heterocycles. The van der Waals surface area contributed by atoms with E-state index in [1.165, 1.54) is 0 Å². The fraction of sp³-hybridized carbons (Fsp3) is 0.929. The first-order valence-corrected chi connectivity index (χ1v) is 8.52. The maximum absolute atomic E-state index is 11.8. The molecule has 0 atom stereocenters. The van der Waals surface area contributed by atoms with Crippen LogP contribution in [-0.4, -0.2) is 49.3 Å². The van der Waals surface area contributed by atoms with Crippen LogP contribution in [0.1, 0.15) is 39.5 Å². The lowest BCUT2D eigenvalue weighted by Gasteiger charge is -2.30. The summed E-state index contributed by atoms with van der Waals surface area (Å²) < 4.78 is 5.82. The molecule has 0 aliphatic carbocycles. The van der Waals surface area contributed by atoms with E-state index in [0.29, 0.717) is 0 Å². The maximum atomic E-state index is 11.8. The molecular formula is C14H28N2O2S. The molecule has 1 aliphatic rings. The number of hydrogen-bond donors (Lipinski definition) is 2. The number of piperidine rings is 1. The molecule has 1 saturated heterocycles. The number of carbonyl (C=O) groups excluding carboxylic acids is 1. The Balaban J connectivity index is 2.23. The molecule has 0 unspecified atom stereocenters. The molecule has 112 valence electrons. The van der Waals surface area contributed by atoms with Crippen molar-refractivity contribution in [3.05, 3.63) is 0 Å². The van der Waals surface area contributed by atoms with Gasteiger partial charge in [-0.05, 0) is 45.0 Å². The van der Waals surface area contributed by atoms with Gasteiger partial charge in [0.1, 0.15) is 6.61 Å². The molecule has 0 spiro atoms. The van der Waals surface area contributed by atoms with E-state index in [1.807, 2.05) is 11.8 Å². The second-order valence-electron chi connectivity index (χ2n) is 5.13. The summed E-state index contributed by atoms with van der Waals surface area (Å²) in [6.45, 7) is 7.27. The van der Waals surface area contributed by atoms with Crippen molar-refractivity contribution >= 4 is 17.7 Å². The van der Waals surface area contributed by atoms with Crippen molar-refractivity contribution in [2.45, 2.75) is 50.4 Å². The van der Waals surface area contributed by atoms with Gasteiger partial charge in [0, 0.05) is 11.3 Å². The van der Waals surface area contributed by atoms with Crippen LogP contribution in [0.4, 0.5) is 0 Å². The van der Waals surface area contributed by atoms with Gasteiger partial charge in [0.15, 0.2) is 0 Å². The van der Waals surface area contributed by atoms with Gasteiger partial charge in [-0.2, -0.15) is 11.8 Å². The molecule has 0 saturated carbocycles. The molecule has 19 heavy (non-hydrogen) atoms. The van der Waals surface area contributed by atoms with Crippen LogP contribution in [-0.2, 0) is 9.53 Å². The highest BCUT2D eigenvalue weighted by molar-refractivity contribution is 8.00. The molecule has 0 aromatic rings. The number of rotatable bonds is 8. The number of hydrogen-bond acceptors (Lipinski definition) is 4. The van der Waals surface area contributed by atoms with Gasteiger partial charge in [0.05, 0.1) is 6.10 Å². The summed E-state index contributed by atoms with van der Waals surface area (Å²) >= 11 is 1.84. The van der Waals surface area contributed by atoms with Crippen molar-refractivity contribution in [3.8, 4) is 0 Å². The SMILES string of the molecule is CCC(CC)(CNC(=O)COC1CCNCC1)SC. The van der Waals surface area contributed by atoms with E-state index in [1.54, 1.807) is 0 Å². The zero-order chi connectivity index (χ0) is 14.1. The monoisotopic (exact) mass is 288 g/mol. The zero-order valence-corrected chi connectivity index (χ0v) is 13.3. The average molecular weight is 288 g/mol. The second kappa shape index (κ2) is 8.82. The summed E-state index contributed by atoms with van der Waals surface area (Å²) in [4.78, 5) is 11.8. The third kappa shape index (κ3) is 5.71. The Morgan fingerprint density at radius 1 is 1.37 bits per heavy atom. The molecule has 4 nitrogen and oxygen atoms in total. The Bertz CT molecular complexity index is 256. The lowest BCUT2D eigenvalue weighted by molar-refractivity contribution is -0.128. The minimum absolute atomic E-state index is 0.0128. The van der Waals surface area contributed by atoms with Crippen molar-refractivity contribution in [2.75, 3.05) is 32.5 Å². The predicted octanol–water partition coefficient (Wildman–Crippen LogP) is 1.79. The van der Waals surface area contributed by atoms with Crippen LogP contribution in [0.15, 0.2) is 0 Å². The molecule has 5 heteroatoms. The predicted molar refractivity (Wildman–Crippen MR) is 81.7 cm³/mol. The van der Waals surface area contributed by atoms with Crippen LogP contribution < -0.4 is 10.6 Å². The van der Waals surface area contributed by atoms with E-state index < -0.39 is 0 Å². The van der Waals surface area contributed by atoms with Gasteiger partial charge in [-0.25, -0.2) is 0 Å². The van der Waals surface area contributed by atoms with Crippen LogP contribution in [0.3, 0.4) is 0 Å². The van der Waals surface area contributed by atoms with E-state index in [-0.39, 0.29) is 23.4 Å². The minimum Gasteiger partial charge on any atom is -0.368 e. The molecule has 1 rings (SSSR count). The molecule has 1 fully saturated rings.